The smallest absolute Gasteiger partial charge is 0.267 e. The number of carbonyl (C=O) groups is 1. The molecule has 1 aromatic heterocycles. The van der Waals surface area contributed by atoms with Gasteiger partial charge < -0.3 is 10.8 Å². The normalized spacial score (nSPS) is 12.9. The maximum absolute atomic E-state index is 11.2. The number of benzene rings is 1. The van der Waals surface area contributed by atoms with Crippen molar-refractivity contribution >= 4 is 5.91 Å². The van der Waals surface area contributed by atoms with Crippen LogP contribution in [-0.4, -0.2) is 21.2 Å². The highest BCUT2D eigenvalue weighted by Crippen LogP contribution is 2.35. The quantitative estimate of drug-likeness (QED) is 0.680. The van der Waals surface area contributed by atoms with Gasteiger partial charge in [0, 0.05) is 11.1 Å². The van der Waals surface area contributed by atoms with E-state index >= 15 is 0 Å². The van der Waals surface area contributed by atoms with E-state index in [-0.39, 0.29) is 5.75 Å². The lowest BCUT2D eigenvalue weighted by Crippen LogP contribution is -2.15. The fourth-order valence-electron chi connectivity index (χ4n) is 2.30. The third kappa shape index (κ3) is 1.39. The van der Waals surface area contributed by atoms with Gasteiger partial charge in [0.15, 0.2) is 0 Å². The molecule has 1 aromatic carbocycles. The highest BCUT2D eigenvalue weighted by molar-refractivity contribution is 5.94. The second kappa shape index (κ2) is 3.35. The highest BCUT2D eigenvalue weighted by Gasteiger charge is 2.24. The van der Waals surface area contributed by atoms with Gasteiger partial charge in [0.2, 0.25) is 0 Å². The fourth-order valence-corrected chi connectivity index (χ4v) is 2.30. The van der Waals surface area contributed by atoms with E-state index in [0.717, 1.165) is 35.2 Å². The van der Waals surface area contributed by atoms with E-state index in [2.05, 4.69) is 10.2 Å². The van der Waals surface area contributed by atoms with E-state index in [4.69, 9.17) is 5.73 Å². The van der Waals surface area contributed by atoms with Crippen molar-refractivity contribution in [2.75, 3.05) is 0 Å². The van der Waals surface area contributed by atoms with Gasteiger partial charge in [-0.3, -0.25) is 9.89 Å². The Balaban J connectivity index is 2.23. The van der Waals surface area contributed by atoms with Gasteiger partial charge >= 0.3 is 0 Å². The molecule has 0 radical (unpaired) electrons. The first-order valence-electron chi connectivity index (χ1n) is 5.36. The molecule has 0 spiro atoms. The molecule has 0 saturated heterocycles. The molecule has 0 fully saturated rings. The number of aromatic hydroxyl groups is 1. The number of aromatic nitrogens is 2. The first-order chi connectivity index (χ1) is 8.16. The molecule has 0 saturated carbocycles. The molecule has 1 aliphatic rings. The molecule has 0 bridgehead atoms. The number of phenolic OH excluding ortho intramolecular Hbond substituents is 1. The summed E-state index contributed by atoms with van der Waals surface area (Å²) in [5.41, 5.74) is 9.20. The largest absolute Gasteiger partial charge is 0.508 e. The minimum absolute atomic E-state index is 0.195. The van der Waals surface area contributed by atoms with Gasteiger partial charge in [-0.2, -0.15) is 5.10 Å². The van der Waals surface area contributed by atoms with Crippen LogP contribution in [0.1, 0.15) is 21.6 Å². The minimum atomic E-state index is -0.498. The van der Waals surface area contributed by atoms with Crippen LogP contribution in [0.3, 0.4) is 0 Å². The summed E-state index contributed by atoms with van der Waals surface area (Å²) >= 11 is 0. The number of aryl methyl sites for hydroxylation is 1. The number of hydrogen-bond acceptors (Lipinski definition) is 3. The van der Waals surface area contributed by atoms with Crippen LogP contribution in [0.15, 0.2) is 18.2 Å². The average Bonchev–Trinajstić information content (AvgIpc) is 2.72. The van der Waals surface area contributed by atoms with Crippen LogP contribution >= 0.6 is 0 Å². The number of fused-ring (bicyclic) bond motifs is 3. The standard InChI is InChI=1S/C12H11N3O2/c13-12(17)11-8-4-2-6-1-3-7(16)5-9(6)10(8)14-15-11/h1,3,5,16H,2,4H2,(H2,13,17)(H,14,15). The Labute approximate surface area is 97.3 Å². The van der Waals surface area contributed by atoms with Crippen molar-refractivity contribution in [3.05, 3.63) is 35.0 Å². The Morgan fingerprint density at radius 1 is 1.41 bits per heavy atom. The molecule has 1 aliphatic carbocycles. The Kier molecular flexibility index (Phi) is 1.95. The third-order valence-electron chi connectivity index (χ3n) is 3.11. The number of phenols is 1. The Hall–Kier alpha value is -2.30. The molecular weight excluding hydrogens is 218 g/mol. The molecule has 86 valence electrons. The average molecular weight is 229 g/mol. The van der Waals surface area contributed by atoms with Crippen LogP contribution in [0.2, 0.25) is 0 Å². The predicted molar refractivity (Wildman–Crippen MR) is 61.6 cm³/mol. The summed E-state index contributed by atoms with van der Waals surface area (Å²) in [6, 6.07) is 5.21. The highest BCUT2D eigenvalue weighted by atomic mass is 16.3. The molecule has 3 rings (SSSR count). The van der Waals surface area contributed by atoms with Gasteiger partial charge in [-0.15, -0.1) is 0 Å². The van der Waals surface area contributed by atoms with E-state index in [1.807, 2.05) is 6.07 Å². The zero-order chi connectivity index (χ0) is 12.0. The number of carbonyl (C=O) groups excluding carboxylic acids is 1. The molecule has 5 heteroatoms. The Morgan fingerprint density at radius 2 is 2.24 bits per heavy atom. The summed E-state index contributed by atoms with van der Waals surface area (Å²) < 4.78 is 0. The second-order valence-electron chi connectivity index (χ2n) is 4.13. The number of nitrogens with two attached hydrogens (primary N) is 1. The summed E-state index contributed by atoms with van der Waals surface area (Å²) in [4.78, 5) is 11.2. The van der Waals surface area contributed by atoms with Crippen molar-refractivity contribution in [2.45, 2.75) is 12.8 Å². The van der Waals surface area contributed by atoms with E-state index in [9.17, 15) is 9.90 Å². The van der Waals surface area contributed by atoms with Gasteiger partial charge in [0.1, 0.15) is 11.4 Å². The summed E-state index contributed by atoms with van der Waals surface area (Å²) in [7, 11) is 0. The monoisotopic (exact) mass is 229 g/mol. The van der Waals surface area contributed by atoms with E-state index < -0.39 is 5.91 Å². The fraction of sp³-hybridized carbons (Fsp3) is 0.167. The van der Waals surface area contributed by atoms with Crippen molar-refractivity contribution in [3.8, 4) is 17.0 Å². The molecule has 0 unspecified atom stereocenters. The summed E-state index contributed by atoms with van der Waals surface area (Å²) in [6.45, 7) is 0. The second-order valence-corrected chi connectivity index (χ2v) is 4.13. The number of nitrogens with one attached hydrogen (secondary N) is 1. The molecule has 2 aromatic rings. The SMILES string of the molecule is NC(=O)c1[nH]nc2c1CCc1ccc(O)cc1-2. The number of rotatable bonds is 1. The number of H-pyrrole nitrogens is 1. The Bertz CT molecular complexity index is 616. The van der Waals surface area contributed by atoms with Crippen LogP contribution in [0.25, 0.3) is 11.3 Å². The molecule has 0 aliphatic heterocycles. The number of primary amides is 1. The first kappa shape index (κ1) is 9.89. The van der Waals surface area contributed by atoms with Crippen molar-refractivity contribution in [1.82, 2.24) is 10.2 Å². The van der Waals surface area contributed by atoms with Crippen LogP contribution in [0.5, 0.6) is 5.75 Å². The molecule has 4 N–H and O–H groups in total. The summed E-state index contributed by atoms with van der Waals surface area (Å²) in [5, 5.41) is 16.3. The number of amides is 1. The van der Waals surface area contributed by atoms with Gasteiger partial charge in [-0.1, -0.05) is 6.07 Å². The lowest BCUT2D eigenvalue weighted by atomic mass is 9.89. The van der Waals surface area contributed by atoms with Crippen molar-refractivity contribution < 1.29 is 9.90 Å². The van der Waals surface area contributed by atoms with E-state index in [1.165, 1.54) is 0 Å². The maximum Gasteiger partial charge on any atom is 0.267 e. The van der Waals surface area contributed by atoms with Gasteiger partial charge in [0.25, 0.3) is 5.91 Å². The molecule has 1 amide bonds. The van der Waals surface area contributed by atoms with Gasteiger partial charge in [-0.25, -0.2) is 0 Å². The van der Waals surface area contributed by atoms with Crippen LogP contribution < -0.4 is 5.73 Å². The van der Waals surface area contributed by atoms with Crippen molar-refractivity contribution in [2.24, 2.45) is 5.73 Å². The zero-order valence-electron chi connectivity index (χ0n) is 9.03. The lowest BCUT2D eigenvalue weighted by molar-refractivity contribution is 0.0994. The molecule has 17 heavy (non-hydrogen) atoms. The van der Waals surface area contributed by atoms with Crippen LogP contribution in [0, 0.1) is 0 Å². The molecule has 5 nitrogen and oxygen atoms in total. The van der Waals surface area contributed by atoms with Crippen LogP contribution in [-0.2, 0) is 12.8 Å². The van der Waals surface area contributed by atoms with Crippen molar-refractivity contribution in [1.29, 1.82) is 0 Å². The number of aromatic amines is 1. The molecular formula is C12H11N3O2. The summed E-state index contributed by atoms with van der Waals surface area (Å²) in [6.07, 6.45) is 1.56. The topological polar surface area (TPSA) is 92.0 Å². The third-order valence-corrected chi connectivity index (χ3v) is 3.11. The molecule has 0 atom stereocenters. The van der Waals surface area contributed by atoms with Crippen molar-refractivity contribution in [3.63, 3.8) is 0 Å². The maximum atomic E-state index is 11.2. The number of nitrogens with zero attached hydrogens (tertiary/aromatic N) is 1. The summed E-state index contributed by atoms with van der Waals surface area (Å²) in [5.74, 6) is -0.303. The van der Waals surface area contributed by atoms with E-state index in [0.29, 0.717) is 5.69 Å². The molecule has 1 heterocycles. The Morgan fingerprint density at radius 3 is 3.00 bits per heavy atom. The minimum Gasteiger partial charge on any atom is -0.508 e. The first-order valence-corrected chi connectivity index (χ1v) is 5.36. The zero-order valence-corrected chi connectivity index (χ0v) is 9.03. The van der Waals surface area contributed by atoms with Gasteiger partial charge in [-0.05, 0) is 30.5 Å². The number of hydrogen-bond donors (Lipinski definition) is 3. The predicted octanol–water partition coefficient (Wildman–Crippen LogP) is 0.980. The van der Waals surface area contributed by atoms with Crippen LogP contribution in [0.4, 0.5) is 0 Å². The van der Waals surface area contributed by atoms with E-state index in [1.54, 1.807) is 12.1 Å². The van der Waals surface area contributed by atoms with Gasteiger partial charge in [0.05, 0.1) is 5.69 Å². The lowest BCUT2D eigenvalue weighted by Gasteiger charge is -2.15.